The van der Waals surface area contributed by atoms with Gasteiger partial charge in [0.05, 0.1) is 31.4 Å². The monoisotopic (exact) mass is 486 g/mol. The molecule has 1 fully saturated rings. The molecule has 36 heavy (non-hydrogen) atoms. The molecule has 3 aromatic rings. The Labute approximate surface area is 209 Å². The molecular weight excluding hydrogens is 460 g/mol. The Balaban J connectivity index is 1.89. The molecule has 1 saturated heterocycles. The van der Waals surface area contributed by atoms with Crippen LogP contribution in [0, 0.1) is 0 Å². The SMILES string of the molecule is COC(=O)c1ccc(N2C(=O)C(=O)/C(=C(/O)c3cccc(OC)c3)C2c2ccc(N(C)C)cc2)cc1. The van der Waals surface area contributed by atoms with E-state index in [0.29, 0.717) is 28.1 Å². The summed E-state index contributed by atoms with van der Waals surface area (Å²) in [6, 6.07) is 19.3. The van der Waals surface area contributed by atoms with E-state index in [4.69, 9.17) is 9.47 Å². The zero-order chi connectivity index (χ0) is 26.0. The van der Waals surface area contributed by atoms with Gasteiger partial charge in [0.1, 0.15) is 11.5 Å². The zero-order valence-corrected chi connectivity index (χ0v) is 20.4. The van der Waals surface area contributed by atoms with Crippen molar-refractivity contribution in [3.63, 3.8) is 0 Å². The number of carbonyl (C=O) groups is 3. The second-order valence-corrected chi connectivity index (χ2v) is 8.43. The molecule has 1 heterocycles. The van der Waals surface area contributed by atoms with Gasteiger partial charge in [-0.05, 0) is 54.1 Å². The topological polar surface area (TPSA) is 96.4 Å². The van der Waals surface area contributed by atoms with Gasteiger partial charge in [-0.25, -0.2) is 4.79 Å². The summed E-state index contributed by atoms with van der Waals surface area (Å²) in [6.45, 7) is 0. The molecule has 0 aliphatic carbocycles. The van der Waals surface area contributed by atoms with Gasteiger partial charge in [0, 0.05) is 31.0 Å². The van der Waals surface area contributed by atoms with Crippen molar-refractivity contribution in [2.75, 3.05) is 38.1 Å². The standard InChI is InChI=1S/C28H26N2O6/c1-29(2)20-12-8-17(9-13-20)24-23(25(31)19-6-5-7-22(16-19)35-3)26(32)27(33)30(24)21-14-10-18(11-15-21)28(34)36-4/h5-16,24,31H,1-4H3/b25-23+. The number of carbonyl (C=O) groups excluding carboxylic acids is 3. The van der Waals surface area contributed by atoms with Gasteiger partial charge in [-0.1, -0.05) is 24.3 Å². The first kappa shape index (κ1) is 24.5. The van der Waals surface area contributed by atoms with Gasteiger partial charge in [0.25, 0.3) is 11.7 Å². The van der Waals surface area contributed by atoms with Gasteiger partial charge in [0.2, 0.25) is 0 Å². The first-order valence-electron chi connectivity index (χ1n) is 11.2. The fourth-order valence-corrected chi connectivity index (χ4v) is 4.17. The van der Waals surface area contributed by atoms with Crippen molar-refractivity contribution in [3.05, 3.63) is 95.1 Å². The molecule has 3 aromatic carbocycles. The number of methoxy groups -OCH3 is 2. The minimum Gasteiger partial charge on any atom is -0.507 e. The van der Waals surface area contributed by atoms with Gasteiger partial charge < -0.3 is 19.5 Å². The maximum absolute atomic E-state index is 13.3. The molecule has 0 saturated carbocycles. The molecule has 8 heteroatoms. The van der Waals surface area contributed by atoms with Crippen molar-refractivity contribution >= 4 is 34.8 Å². The molecule has 0 aromatic heterocycles. The number of nitrogens with zero attached hydrogens (tertiary/aromatic N) is 2. The average Bonchev–Trinajstić information content (AvgIpc) is 3.17. The summed E-state index contributed by atoms with van der Waals surface area (Å²) in [7, 11) is 6.60. The normalized spacial score (nSPS) is 16.7. The average molecular weight is 487 g/mol. The van der Waals surface area contributed by atoms with Crippen molar-refractivity contribution in [2.24, 2.45) is 0 Å². The van der Waals surface area contributed by atoms with Crippen LogP contribution in [0.2, 0.25) is 0 Å². The van der Waals surface area contributed by atoms with E-state index in [-0.39, 0.29) is 11.3 Å². The van der Waals surface area contributed by atoms with Crippen LogP contribution in [0.1, 0.15) is 27.5 Å². The minimum absolute atomic E-state index is 0.0390. The molecule has 4 rings (SSSR count). The van der Waals surface area contributed by atoms with Gasteiger partial charge in [-0.2, -0.15) is 0 Å². The Hall–Kier alpha value is -4.59. The third-order valence-corrected chi connectivity index (χ3v) is 6.08. The molecular formula is C28H26N2O6. The largest absolute Gasteiger partial charge is 0.507 e. The highest BCUT2D eigenvalue weighted by molar-refractivity contribution is 6.51. The zero-order valence-electron chi connectivity index (χ0n) is 20.4. The van der Waals surface area contributed by atoms with E-state index in [1.165, 1.54) is 31.3 Å². The number of anilines is 2. The number of aliphatic hydroxyl groups excluding tert-OH is 1. The highest BCUT2D eigenvalue weighted by Crippen LogP contribution is 2.42. The van der Waals surface area contributed by atoms with E-state index < -0.39 is 23.7 Å². The Morgan fingerprint density at radius 1 is 0.917 bits per heavy atom. The lowest BCUT2D eigenvalue weighted by atomic mass is 9.94. The van der Waals surface area contributed by atoms with E-state index in [0.717, 1.165) is 5.69 Å². The number of hydrogen-bond acceptors (Lipinski definition) is 7. The fraction of sp³-hybridized carbons (Fsp3) is 0.179. The first-order chi connectivity index (χ1) is 17.3. The lowest BCUT2D eigenvalue weighted by Gasteiger charge is -2.26. The third-order valence-electron chi connectivity index (χ3n) is 6.08. The number of rotatable bonds is 6. The molecule has 1 aliphatic heterocycles. The second kappa shape index (κ2) is 9.95. The van der Waals surface area contributed by atoms with Crippen LogP contribution in [0.3, 0.4) is 0 Å². The Morgan fingerprint density at radius 3 is 2.17 bits per heavy atom. The van der Waals surface area contributed by atoms with Gasteiger partial charge in [-0.15, -0.1) is 0 Å². The molecule has 1 N–H and O–H groups in total. The number of aliphatic hydroxyl groups is 1. The summed E-state index contributed by atoms with van der Waals surface area (Å²) in [5.41, 5.74) is 2.59. The lowest BCUT2D eigenvalue weighted by Crippen LogP contribution is -2.29. The summed E-state index contributed by atoms with van der Waals surface area (Å²) in [5, 5.41) is 11.3. The number of Topliss-reactive ketones (excluding diaryl/α,β-unsaturated/α-hetero) is 1. The number of esters is 1. The van der Waals surface area contributed by atoms with Crippen molar-refractivity contribution in [3.8, 4) is 5.75 Å². The predicted octanol–water partition coefficient (Wildman–Crippen LogP) is 4.17. The minimum atomic E-state index is -0.892. The number of ketones is 1. The van der Waals surface area contributed by atoms with E-state index in [1.54, 1.807) is 36.4 Å². The fourth-order valence-electron chi connectivity index (χ4n) is 4.17. The van der Waals surface area contributed by atoms with Crippen LogP contribution in [-0.2, 0) is 14.3 Å². The Morgan fingerprint density at radius 2 is 1.58 bits per heavy atom. The molecule has 1 unspecified atom stereocenters. The summed E-state index contributed by atoms with van der Waals surface area (Å²) in [6.07, 6.45) is 0. The maximum Gasteiger partial charge on any atom is 0.337 e. The number of benzene rings is 3. The number of hydrogen-bond donors (Lipinski definition) is 1. The van der Waals surface area contributed by atoms with Gasteiger partial charge in [-0.3, -0.25) is 14.5 Å². The quantitative estimate of drug-likeness (QED) is 0.242. The first-order valence-corrected chi connectivity index (χ1v) is 11.2. The Kier molecular flexibility index (Phi) is 6.78. The lowest BCUT2D eigenvalue weighted by molar-refractivity contribution is -0.132. The van der Waals surface area contributed by atoms with Crippen LogP contribution >= 0.6 is 0 Å². The number of amides is 1. The molecule has 1 amide bonds. The molecule has 1 atom stereocenters. The van der Waals surface area contributed by atoms with Crippen molar-refractivity contribution in [1.29, 1.82) is 0 Å². The maximum atomic E-state index is 13.3. The van der Waals surface area contributed by atoms with E-state index >= 15 is 0 Å². The molecule has 0 bridgehead atoms. The summed E-state index contributed by atoms with van der Waals surface area (Å²) in [4.78, 5) is 41.8. The summed E-state index contributed by atoms with van der Waals surface area (Å²) >= 11 is 0. The smallest absolute Gasteiger partial charge is 0.337 e. The van der Waals surface area contributed by atoms with E-state index in [1.807, 2.05) is 43.3 Å². The van der Waals surface area contributed by atoms with Crippen molar-refractivity contribution in [2.45, 2.75) is 6.04 Å². The van der Waals surface area contributed by atoms with Crippen molar-refractivity contribution in [1.82, 2.24) is 0 Å². The van der Waals surface area contributed by atoms with Crippen LogP contribution in [0.4, 0.5) is 11.4 Å². The van der Waals surface area contributed by atoms with Crippen LogP contribution in [0.5, 0.6) is 5.75 Å². The second-order valence-electron chi connectivity index (χ2n) is 8.43. The highest BCUT2D eigenvalue weighted by atomic mass is 16.5. The van der Waals surface area contributed by atoms with Gasteiger partial charge >= 0.3 is 5.97 Å². The van der Waals surface area contributed by atoms with Crippen molar-refractivity contribution < 1.29 is 29.0 Å². The molecule has 0 spiro atoms. The summed E-state index contributed by atoms with van der Waals surface area (Å²) < 4.78 is 10.0. The predicted molar refractivity (Wildman–Crippen MR) is 136 cm³/mol. The number of ether oxygens (including phenoxy) is 2. The van der Waals surface area contributed by atoms with Crippen LogP contribution < -0.4 is 14.5 Å². The molecule has 184 valence electrons. The van der Waals surface area contributed by atoms with Crippen LogP contribution in [0.15, 0.2) is 78.4 Å². The van der Waals surface area contributed by atoms with Crippen LogP contribution in [0.25, 0.3) is 5.76 Å². The Bertz CT molecular complexity index is 1340. The van der Waals surface area contributed by atoms with Crippen LogP contribution in [-0.4, -0.2) is 51.1 Å². The third kappa shape index (κ3) is 4.40. The molecule has 0 radical (unpaired) electrons. The molecule has 8 nitrogen and oxygen atoms in total. The van der Waals surface area contributed by atoms with Gasteiger partial charge in [0.15, 0.2) is 0 Å². The van der Waals surface area contributed by atoms with E-state index in [2.05, 4.69) is 0 Å². The molecule has 1 aliphatic rings. The highest BCUT2D eigenvalue weighted by Gasteiger charge is 2.47. The van der Waals surface area contributed by atoms with E-state index in [9.17, 15) is 19.5 Å². The summed E-state index contributed by atoms with van der Waals surface area (Å²) in [5.74, 6) is -1.92.